The maximum atomic E-state index is 12.4. The molecule has 2 saturated heterocycles. The molecular weight excluding hydrogens is 298 g/mol. The van der Waals surface area contributed by atoms with Gasteiger partial charge in [-0.2, -0.15) is 5.10 Å². The molecule has 2 aliphatic heterocycles. The van der Waals surface area contributed by atoms with Crippen molar-refractivity contribution in [2.45, 2.75) is 38.4 Å². The Morgan fingerprint density at radius 1 is 1.41 bits per heavy atom. The Balaban J connectivity index is 1.54. The second kappa shape index (κ2) is 5.17. The number of nitrogens with zero attached hydrogens (tertiary/aromatic N) is 5. The molecule has 1 amide bonds. The van der Waals surface area contributed by atoms with Gasteiger partial charge in [-0.15, -0.1) is 11.3 Å². The van der Waals surface area contributed by atoms with Crippen molar-refractivity contribution in [3.05, 3.63) is 28.5 Å². The minimum Gasteiger partial charge on any atom is -0.305 e. The lowest BCUT2D eigenvalue weighted by molar-refractivity contribution is -0.117. The number of anilines is 1. The molecule has 2 aliphatic rings. The first-order chi connectivity index (χ1) is 10.6. The molecule has 7 heteroatoms. The molecule has 22 heavy (non-hydrogen) atoms. The van der Waals surface area contributed by atoms with Gasteiger partial charge in [-0.25, -0.2) is 4.98 Å². The van der Waals surface area contributed by atoms with E-state index in [1.54, 1.807) is 22.2 Å². The van der Waals surface area contributed by atoms with Crippen molar-refractivity contribution in [3.63, 3.8) is 0 Å². The first-order valence-corrected chi connectivity index (χ1v) is 8.45. The highest BCUT2D eigenvalue weighted by Crippen LogP contribution is 2.36. The fraction of sp³-hybridized carbons (Fsp3) is 0.533. The summed E-state index contributed by atoms with van der Waals surface area (Å²) in [5, 5.41) is 7.43. The largest absolute Gasteiger partial charge is 0.305 e. The van der Waals surface area contributed by atoms with Gasteiger partial charge in [0, 0.05) is 44.2 Å². The second-order valence-electron chi connectivity index (χ2n) is 6.09. The molecule has 0 unspecified atom stereocenters. The molecule has 116 valence electrons. The van der Waals surface area contributed by atoms with Crippen LogP contribution in [0.3, 0.4) is 0 Å². The van der Waals surface area contributed by atoms with Gasteiger partial charge >= 0.3 is 0 Å². The molecular formula is C15H19N5OS. The van der Waals surface area contributed by atoms with Gasteiger partial charge in [-0.1, -0.05) is 0 Å². The maximum Gasteiger partial charge on any atom is 0.229 e. The Morgan fingerprint density at radius 2 is 2.27 bits per heavy atom. The van der Waals surface area contributed by atoms with Gasteiger partial charge < -0.3 is 4.90 Å². The van der Waals surface area contributed by atoms with Crippen molar-refractivity contribution >= 4 is 22.9 Å². The molecule has 0 aliphatic carbocycles. The molecule has 6 nitrogen and oxygen atoms in total. The van der Waals surface area contributed by atoms with Crippen molar-refractivity contribution in [1.82, 2.24) is 19.7 Å². The number of thiazole rings is 1. The van der Waals surface area contributed by atoms with E-state index in [0.29, 0.717) is 12.5 Å². The number of aromatic nitrogens is 3. The van der Waals surface area contributed by atoms with E-state index in [1.807, 2.05) is 25.1 Å². The van der Waals surface area contributed by atoms with Crippen LogP contribution in [0.25, 0.3) is 0 Å². The maximum absolute atomic E-state index is 12.4. The summed E-state index contributed by atoms with van der Waals surface area (Å²) < 4.78 is 1.75. The summed E-state index contributed by atoms with van der Waals surface area (Å²) in [6, 6.07) is 0.575. The Hall–Kier alpha value is -1.73. The lowest BCUT2D eigenvalue weighted by Gasteiger charge is -2.24. The second-order valence-corrected chi connectivity index (χ2v) is 7.15. The third-order valence-corrected chi connectivity index (χ3v) is 5.43. The number of likely N-dealkylation sites (tertiary alicyclic amines) is 1. The van der Waals surface area contributed by atoms with Crippen LogP contribution >= 0.6 is 11.3 Å². The number of carbonyl (C=O) groups excluding carboxylic acids is 1. The molecule has 0 bridgehead atoms. The average Bonchev–Trinajstić information content (AvgIpc) is 3.20. The zero-order chi connectivity index (χ0) is 15.3. The van der Waals surface area contributed by atoms with Gasteiger partial charge in [0.25, 0.3) is 0 Å². The van der Waals surface area contributed by atoms with Crippen molar-refractivity contribution < 1.29 is 4.79 Å². The first kappa shape index (κ1) is 13.9. The molecule has 2 aromatic heterocycles. The summed E-state index contributed by atoms with van der Waals surface area (Å²) in [5.41, 5.74) is 2.04. The molecule has 4 rings (SSSR count). The van der Waals surface area contributed by atoms with Crippen molar-refractivity contribution in [1.29, 1.82) is 0 Å². The molecule has 2 atom stereocenters. The van der Waals surface area contributed by atoms with Crippen LogP contribution in [0.4, 0.5) is 5.69 Å². The topological polar surface area (TPSA) is 54.3 Å². The predicted molar refractivity (Wildman–Crippen MR) is 84.8 cm³/mol. The van der Waals surface area contributed by atoms with Gasteiger partial charge in [-0.05, 0) is 13.3 Å². The zero-order valence-electron chi connectivity index (χ0n) is 12.8. The number of rotatable bonds is 3. The van der Waals surface area contributed by atoms with Crippen LogP contribution in [-0.4, -0.2) is 44.2 Å². The highest BCUT2D eigenvalue weighted by atomic mass is 32.1. The van der Waals surface area contributed by atoms with E-state index in [0.717, 1.165) is 35.9 Å². The summed E-state index contributed by atoms with van der Waals surface area (Å²) in [6.07, 6.45) is 5.33. The van der Waals surface area contributed by atoms with E-state index >= 15 is 0 Å². The van der Waals surface area contributed by atoms with E-state index in [2.05, 4.69) is 20.4 Å². The number of fused-ring (bicyclic) bond motifs is 1. The van der Waals surface area contributed by atoms with Crippen LogP contribution in [-0.2, 0) is 18.4 Å². The number of amides is 1. The average molecular weight is 317 g/mol. The lowest BCUT2D eigenvalue weighted by Crippen LogP contribution is -2.37. The molecule has 0 N–H and O–H groups in total. The Kier molecular flexibility index (Phi) is 3.27. The number of hydrogen-bond donors (Lipinski definition) is 0. The molecule has 4 heterocycles. The third-order valence-electron chi connectivity index (χ3n) is 4.61. The highest BCUT2D eigenvalue weighted by molar-refractivity contribution is 7.09. The highest BCUT2D eigenvalue weighted by Gasteiger charge is 2.47. The SMILES string of the molecule is Cc1nc(CN2CC[C@H]3[C@H]2CC(=O)N3c2cnn(C)c2)cs1. The van der Waals surface area contributed by atoms with Gasteiger partial charge in [0.2, 0.25) is 5.91 Å². The van der Waals surface area contributed by atoms with Crippen LogP contribution in [0.15, 0.2) is 17.8 Å². The standard InChI is InChI=1S/C15H19N5OS/c1-10-17-11(9-22-10)7-19-4-3-13-14(19)5-15(21)20(13)12-6-16-18(2)8-12/h6,8-9,13-14H,3-5,7H2,1-2H3/t13-,14+/m0/s1. The van der Waals surface area contributed by atoms with Gasteiger partial charge in [0.15, 0.2) is 0 Å². The van der Waals surface area contributed by atoms with E-state index in [9.17, 15) is 4.79 Å². The minimum absolute atomic E-state index is 0.210. The minimum atomic E-state index is 0.210. The van der Waals surface area contributed by atoms with Crippen LogP contribution in [0.1, 0.15) is 23.5 Å². The lowest BCUT2D eigenvalue weighted by atomic mass is 10.1. The molecule has 0 spiro atoms. The smallest absolute Gasteiger partial charge is 0.229 e. The summed E-state index contributed by atoms with van der Waals surface area (Å²) in [5.74, 6) is 0.210. The first-order valence-electron chi connectivity index (χ1n) is 7.57. The van der Waals surface area contributed by atoms with E-state index in [-0.39, 0.29) is 11.9 Å². The summed E-state index contributed by atoms with van der Waals surface area (Å²) >= 11 is 1.69. The molecule has 2 fully saturated rings. The fourth-order valence-electron chi connectivity index (χ4n) is 3.68. The predicted octanol–water partition coefficient (Wildman–Crippen LogP) is 1.56. The molecule has 0 saturated carbocycles. The summed E-state index contributed by atoms with van der Waals surface area (Å²) in [7, 11) is 1.88. The quantitative estimate of drug-likeness (QED) is 0.862. The van der Waals surface area contributed by atoms with Gasteiger partial charge in [0.05, 0.1) is 28.6 Å². The van der Waals surface area contributed by atoms with Crippen LogP contribution < -0.4 is 4.90 Å². The van der Waals surface area contributed by atoms with Crippen LogP contribution in [0, 0.1) is 6.92 Å². The Bertz CT molecular complexity index is 708. The number of carbonyl (C=O) groups is 1. The van der Waals surface area contributed by atoms with Crippen LogP contribution in [0.2, 0.25) is 0 Å². The van der Waals surface area contributed by atoms with Crippen molar-refractivity contribution in [3.8, 4) is 0 Å². The molecule has 0 radical (unpaired) electrons. The third kappa shape index (κ3) is 2.24. The van der Waals surface area contributed by atoms with Gasteiger partial charge in [-0.3, -0.25) is 14.4 Å². The number of hydrogen-bond acceptors (Lipinski definition) is 5. The van der Waals surface area contributed by atoms with E-state index < -0.39 is 0 Å². The van der Waals surface area contributed by atoms with E-state index in [1.165, 1.54) is 0 Å². The molecule has 2 aromatic rings. The fourth-order valence-corrected chi connectivity index (χ4v) is 4.29. The Morgan fingerprint density at radius 3 is 2.95 bits per heavy atom. The van der Waals surface area contributed by atoms with Crippen LogP contribution in [0.5, 0.6) is 0 Å². The summed E-state index contributed by atoms with van der Waals surface area (Å²) in [6.45, 7) is 3.90. The van der Waals surface area contributed by atoms with Crippen molar-refractivity contribution in [2.75, 3.05) is 11.4 Å². The Labute approximate surface area is 133 Å². The summed E-state index contributed by atoms with van der Waals surface area (Å²) in [4.78, 5) is 21.4. The van der Waals surface area contributed by atoms with E-state index in [4.69, 9.17) is 0 Å². The molecule has 0 aromatic carbocycles. The van der Waals surface area contributed by atoms with Gasteiger partial charge in [0.1, 0.15) is 0 Å². The zero-order valence-corrected chi connectivity index (χ0v) is 13.6. The normalized spacial score (nSPS) is 25.2. The van der Waals surface area contributed by atoms with Crippen molar-refractivity contribution in [2.24, 2.45) is 7.05 Å². The number of aryl methyl sites for hydroxylation is 2. The monoisotopic (exact) mass is 317 g/mol.